The first kappa shape index (κ1) is 13.1. The summed E-state index contributed by atoms with van der Waals surface area (Å²) >= 11 is 0. The van der Waals surface area contributed by atoms with Gasteiger partial charge >= 0.3 is 0 Å². The zero-order valence-corrected chi connectivity index (χ0v) is 11.1. The number of piperidine rings is 1. The predicted molar refractivity (Wildman–Crippen MR) is 74.4 cm³/mol. The minimum absolute atomic E-state index is 0.615. The van der Waals surface area contributed by atoms with E-state index in [-0.39, 0.29) is 0 Å². The maximum atomic E-state index is 5.77. The van der Waals surface area contributed by atoms with Gasteiger partial charge < -0.3 is 16.0 Å². The van der Waals surface area contributed by atoms with Crippen LogP contribution < -0.4 is 11.1 Å². The first-order chi connectivity index (χ1) is 8.77. The van der Waals surface area contributed by atoms with Crippen LogP contribution in [0.25, 0.3) is 0 Å². The fraction of sp³-hybridized carbons (Fsp3) is 0.692. The number of hydrogen-bond donors (Lipinski definition) is 2. The molecule has 5 nitrogen and oxygen atoms in total. The first-order valence-electron chi connectivity index (χ1n) is 6.81. The van der Waals surface area contributed by atoms with Gasteiger partial charge in [0, 0.05) is 19.1 Å². The summed E-state index contributed by atoms with van der Waals surface area (Å²) in [6.07, 6.45) is 8.33. The number of hydrogen-bond acceptors (Lipinski definition) is 5. The number of nitrogens with zero attached hydrogens (tertiary/aromatic N) is 3. The van der Waals surface area contributed by atoms with Crippen LogP contribution in [0.2, 0.25) is 0 Å². The van der Waals surface area contributed by atoms with Crippen LogP contribution in [0.4, 0.5) is 11.5 Å². The summed E-state index contributed by atoms with van der Waals surface area (Å²) in [6.45, 7) is 5.63. The van der Waals surface area contributed by atoms with Gasteiger partial charge in [-0.15, -0.1) is 0 Å². The minimum Gasteiger partial charge on any atom is -0.394 e. The van der Waals surface area contributed by atoms with E-state index in [9.17, 15) is 0 Å². The van der Waals surface area contributed by atoms with Crippen molar-refractivity contribution in [1.82, 2.24) is 14.9 Å². The summed E-state index contributed by atoms with van der Waals surface area (Å²) in [7, 11) is 0. The molecule has 1 aromatic heterocycles. The Labute approximate surface area is 109 Å². The molecule has 1 aliphatic rings. The van der Waals surface area contributed by atoms with Gasteiger partial charge in [-0.2, -0.15) is 0 Å². The third-order valence-electron chi connectivity index (χ3n) is 3.60. The summed E-state index contributed by atoms with van der Waals surface area (Å²) in [5, 5.41) is 3.26. The molecule has 0 saturated carbocycles. The number of aromatic nitrogens is 2. The van der Waals surface area contributed by atoms with Crippen molar-refractivity contribution in [2.75, 3.05) is 30.7 Å². The summed E-state index contributed by atoms with van der Waals surface area (Å²) < 4.78 is 0. The average Bonchev–Trinajstić information content (AvgIpc) is 2.38. The van der Waals surface area contributed by atoms with Crippen molar-refractivity contribution < 1.29 is 0 Å². The van der Waals surface area contributed by atoms with Gasteiger partial charge in [-0.05, 0) is 32.7 Å². The standard InChI is InChI=1S/C13H23N5/c1-11-5-2-3-7-18(11)8-4-6-16-13-12(14)9-15-10-17-13/h9-11H,2-8,14H2,1H3,(H,15,16,17). The molecular formula is C13H23N5. The summed E-state index contributed by atoms with van der Waals surface area (Å²) in [5.41, 5.74) is 6.38. The normalized spacial score (nSPS) is 20.8. The molecule has 1 aliphatic heterocycles. The van der Waals surface area contributed by atoms with Crippen molar-refractivity contribution >= 4 is 11.5 Å². The Morgan fingerprint density at radius 2 is 2.39 bits per heavy atom. The van der Waals surface area contributed by atoms with E-state index in [0.29, 0.717) is 5.69 Å². The molecule has 18 heavy (non-hydrogen) atoms. The van der Waals surface area contributed by atoms with E-state index in [1.54, 1.807) is 6.20 Å². The number of anilines is 2. The third kappa shape index (κ3) is 3.57. The van der Waals surface area contributed by atoms with Gasteiger partial charge in [-0.25, -0.2) is 9.97 Å². The quantitative estimate of drug-likeness (QED) is 0.778. The van der Waals surface area contributed by atoms with E-state index >= 15 is 0 Å². The van der Waals surface area contributed by atoms with Crippen LogP contribution in [-0.4, -0.2) is 40.5 Å². The predicted octanol–water partition coefficient (Wildman–Crippen LogP) is 1.74. The van der Waals surface area contributed by atoms with E-state index in [2.05, 4.69) is 27.1 Å². The first-order valence-corrected chi connectivity index (χ1v) is 6.81. The molecule has 1 fully saturated rings. The lowest BCUT2D eigenvalue weighted by Crippen LogP contribution is -2.38. The Balaban J connectivity index is 1.68. The van der Waals surface area contributed by atoms with Crippen molar-refractivity contribution in [3.8, 4) is 0 Å². The SMILES string of the molecule is CC1CCCCN1CCCNc1ncncc1N. The van der Waals surface area contributed by atoms with Gasteiger partial charge in [0.2, 0.25) is 0 Å². The molecule has 1 aromatic rings. The van der Waals surface area contributed by atoms with Gasteiger partial charge in [0.1, 0.15) is 6.33 Å². The topological polar surface area (TPSA) is 67.1 Å². The zero-order valence-electron chi connectivity index (χ0n) is 11.1. The smallest absolute Gasteiger partial charge is 0.152 e. The maximum Gasteiger partial charge on any atom is 0.152 e. The van der Waals surface area contributed by atoms with Crippen molar-refractivity contribution in [2.24, 2.45) is 0 Å². The Hall–Kier alpha value is -1.36. The zero-order chi connectivity index (χ0) is 12.8. The lowest BCUT2D eigenvalue weighted by Gasteiger charge is -2.33. The lowest BCUT2D eigenvalue weighted by atomic mass is 10.0. The van der Waals surface area contributed by atoms with Crippen LogP contribution in [-0.2, 0) is 0 Å². The Morgan fingerprint density at radius 3 is 3.17 bits per heavy atom. The second kappa shape index (κ2) is 6.54. The molecule has 5 heteroatoms. The fourth-order valence-corrected chi connectivity index (χ4v) is 2.47. The summed E-state index contributed by atoms with van der Waals surface area (Å²) in [4.78, 5) is 10.6. The Morgan fingerprint density at radius 1 is 1.50 bits per heavy atom. The van der Waals surface area contributed by atoms with Crippen molar-refractivity contribution in [3.63, 3.8) is 0 Å². The Kier molecular flexibility index (Phi) is 4.75. The molecule has 2 heterocycles. The molecule has 0 spiro atoms. The van der Waals surface area contributed by atoms with E-state index in [4.69, 9.17) is 5.73 Å². The van der Waals surface area contributed by atoms with Crippen LogP contribution in [0, 0.1) is 0 Å². The third-order valence-corrected chi connectivity index (χ3v) is 3.60. The van der Waals surface area contributed by atoms with Crippen molar-refractivity contribution in [3.05, 3.63) is 12.5 Å². The maximum absolute atomic E-state index is 5.77. The number of nitrogens with two attached hydrogens (primary N) is 1. The molecule has 0 bridgehead atoms. The molecule has 1 saturated heterocycles. The van der Waals surface area contributed by atoms with E-state index < -0.39 is 0 Å². The molecular weight excluding hydrogens is 226 g/mol. The molecule has 1 atom stereocenters. The second-order valence-corrected chi connectivity index (χ2v) is 4.99. The van der Waals surface area contributed by atoms with Crippen LogP contribution in [0.3, 0.4) is 0 Å². The van der Waals surface area contributed by atoms with Crippen molar-refractivity contribution in [1.29, 1.82) is 0 Å². The molecule has 2 rings (SSSR count). The molecule has 1 unspecified atom stereocenters. The highest BCUT2D eigenvalue weighted by atomic mass is 15.2. The monoisotopic (exact) mass is 249 g/mol. The van der Waals surface area contributed by atoms with Gasteiger partial charge in [0.15, 0.2) is 5.82 Å². The number of rotatable bonds is 5. The minimum atomic E-state index is 0.615. The second-order valence-electron chi connectivity index (χ2n) is 4.99. The number of nitrogens with one attached hydrogen (secondary N) is 1. The lowest BCUT2D eigenvalue weighted by molar-refractivity contribution is 0.160. The number of likely N-dealkylation sites (tertiary alicyclic amines) is 1. The number of nitrogen functional groups attached to an aromatic ring is 1. The fourth-order valence-electron chi connectivity index (χ4n) is 2.47. The highest BCUT2D eigenvalue weighted by Crippen LogP contribution is 2.16. The molecule has 0 amide bonds. The van der Waals surface area contributed by atoms with Gasteiger partial charge in [0.25, 0.3) is 0 Å². The summed E-state index contributed by atoms with van der Waals surface area (Å²) in [6, 6.07) is 0.739. The molecule has 0 radical (unpaired) electrons. The van der Waals surface area contributed by atoms with Gasteiger partial charge in [0.05, 0.1) is 11.9 Å². The Bertz CT molecular complexity index is 368. The van der Waals surface area contributed by atoms with Crippen LogP contribution in [0.15, 0.2) is 12.5 Å². The molecule has 3 N–H and O–H groups in total. The van der Waals surface area contributed by atoms with Gasteiger partial charge in [-0.3, -0.25) is 0 Å². The summed E-state index contributed by atoms with van der Waals surface area (Å²) in [5.74, 6) is 0.747. The van der Waals surface area contributed by atoms with Crippen LogP contribution >= 0.6 is 0 Å². The average molecular weight is 249 g/mol. The van der Waals surface area contributed by atoms with E-state index in [1.165, 1.54) is 32.1 Å². The van der Waals surface area contributed by atoms with Crippen molar-refractivity contribution in [2.45, 2.75) is 38.6 Å². The van der Waals surface area contributed by atoms with Crippen LogP contribution in [0.1, 0.15) is 32.6 Å². The van der Waals surface area contributed by atoms with E-state index in [0.717, 1.165) is 31.4 Å². The molecule has 100 valence electrons. The van der Waals surface area contributed by atoms with Gasteiger partial charge in [-0.1, -0.05) is 6.42 Å². The highest BCUT2D eigenvalue weighted by molar-refractivity contribution is 5.58. The van der Waals surface area contributed by atoms with Crippen LogP contribution in [0.5, 0.6) is 0 Å². The molecule has 0 aliphatic carbocycles. The largest absolute Gasteiger partial charge is 0.394 e. The molecule has 0 aromatic carbocycles. The van der Waals surface area contributed by atoms with E-state index in [1.807, 2.05) is 0 Å². The highest BCUT2D eigenvalue weighted by Gasteiger charge is 2.16.